The quantitative estimate of drug-likeness (QED) is 0.864. The van der Waals surface area contributed by atoms with Crippen LogP contribution in [0.1, 0.15) is 31.1 Å². The zero-order valence-electron chi connectivity index (χ0n) is 10.2. The van der Waals surface area contributed by atoms with Crippen LogP contribution in [0, 0.1) is 11.3 Å². The molecule has 1 rings (SSSR count). The fourth-order valence-electron chi connectivity index (χ4n) is 1.30. The van der Waals surface area contributed by atoms with Crippen molar-refractivity contribution in [1.82, 2.24) is 5.32 Å². The number of rotatable bonds is 4. The summed E-state index contributed by atoms with van der Waals surface area (Å²) in [4.78, 5) is 11.7. The van der Waals surface area contributed by atoms with Crippen LogP contribution in [0.25, 0.3) is 0 Å². The number of benzene rings is 1. The summed E-state index contributed by atoms with van der Waals surface area (Å²) < 4.78 is 5.49. The van der Waals surface area contributed by atoms with Gasteiger partial charge in [0, 0.05) is 5.56 Å². The molecule has 0 heterocycles. The first-order chi connectivity index (χ1) is 8.02. The number of nitrogens with one attached hydrogen (secondary N) is 1. The molecule has 0 saturated carbocycles. The molecule has 1 atom stereocenters. The first-order valence-electron chi connectivity index (χ1n) is 5.50. The van der Waals surface area contributed by atoms with Crippen molar-refractivity contribution in [2.24, 2.45) is 0 Å². The first kappa shape index (κ1) is 13.0. The summed E-state index contributed by atoms with van der Waals surface area (Å²) in [6, 6.07) is 8.35. The minimum absolute atomic E-state index is 0.0614. The molecule has 4 nitrogen and oxygen atoms in total. The lowest BCUT2D eigenvalue weighted by Crippen LogP contribution is -2.31. The molecule has 0 aliphatic heterocycles. The molecule has 1 amide bonds. The van der Waals surface area contributed by atoms with Crippen molar-refractivity contribution in [2.75, 3.05) is 0 Å². The Balaban J connectivity index is 2.78. The number of carbonyl (C=O) groups excluding carboxylic acids is 1. The molecule has 4 heteroatoms. The molecule has 0 aromatic heterocycles. The van der Waals surface area contributed by atoms with Crippen molar-refractivity contribution in [3.05, 3.63) is 29.8 Å². The molecule has 0 saturated heterocycles. The van der Waals surface area contributed by atoms with Crippen LogP contribution in [0.4, 0.5) is 0 Å². The number of hydrogen-bond donors (Lipinski definition) is 1. The Morgan fingerprint density at radius 3 is 2.71 bits per heavy atom. The van der Waals surface area contributed by atoms with Crippen molar-refractivity contribution in [3.8, 4) is 11.8 Å². The number of ether oxygens (including phenoxy) is 1. The Morgan fingerprint density at radius 2 is 2.12 bits per heavy atom. The number of nitriles is 1. The lowest BCUT2D eigenvalue weighted by molar-refractivity contribution is 0.0947. The van der Waals surface area contributed by atoms with Gasteiger partial charge >= 0.3 is 0 Å². The maximum absolute atomic E-state index is 11.7. The molecule has 0 spiro atoms. The number of hydrogen-bond acceptors (Lipinski definition) is 3. The van der Waals surface area contributed by atoms with Gasteiger partial charge in [0.05, 0.1) is 12.2 Å². The van der Waals surface area contributed by atoms with Gasteiger partial charge in [-0.25, -0.2) is 0 Å². The van der Waals surface area contributed by atoms with Crippen LogP contribution in [-0.2, 0) is 0 Å². The van der Waals surface area contributed by atoms with Gasteiger partial charge < -0.3 is 10.1 Å². The highest BCUT2D eigenvalue weighted by Crippen LogP contribution is 2.14. The topological polar surface area (TPSA) is 62.1 Å². The van der Waals surface area contributed by atoms with Crippen molar-refractivity contribution >= 4 is 5.91 Å². The number of amides is 1. The second kappa shape index (κ2) is 5.90. The molecule has 1 aromatic carbocycles. The Kier molecular flexibility index (Phi) is 4.53. The van der Waals surface area contributed by atoms with Gasteiger partial charge in [-0.3, -0.25) is 4.79 Å². The van der Waals surface area contributed by atoms with Crippen molar-refractivity contribution in [3.63, 3.8) is 0 Å². The highest BCUT2D eigenvalue weighted by Gasteiger charge is 2.09. The highest BCUT2D eigenvalue weighted by molar-refractivity contribution is 5.94. The second-order valence-electron chi connectivity index (χ2n) is 4.02. The van der Waals surface area contributed by atoms with Gasteiger partial charge in [0.1, 0.15) is 11.8 Å². The number of nitrogens with zero attached hydrogens (tertiary/aromatic N) is 1. The summed E-state index contributed by atoms with van der Waals surface area (Å²) in [7, 11) is 0. The summed E-state index contributed by atoms with van der Waals surface area (Å²) >= 11 is 0. The Labute approximate surface area is 101 Å². The predicted molar refractivity (Wildman–Crippen MR) is 64.7 cm³/mol. The Bertz CT molecular complexity index is 435. The van der Waals surface area contributed by atoms with E-state index in [4.69, 9.17) is 10.00 Å². The summed E-state index contributed by atoms with van der Waals surface area (Å²) in [6.45, 7) is 5.47. The molecule has 0 aliphatic rings. The molecular formula is C13H16N2O2. The SMILES string of the molecule is CC(C#N)NC(=O)c1cccc(OC(C)C)c1. The van der Waals surface area contributed by atoms with Crippen molar-refractivity contribution in [2.45, 2.75) is 32.9 Å². The molecular weight excluding hydrogens is 216 g/mol. The molecule has 0 bridgehead atoms. The number of carbonyl (C=O) groups is 1. The average molecular weight is 232 g/mol. The smallest absolute Gasteiger partial charge is 0.252 e. The first-order valence-corrected chi connectivity index (χ1v) is 5.50. The van der Waals surface area contributed by atoms with Crippen LogP contribution in [0.3, 0.4) is 0 Å². The van der Waals surface area contributed by atoms with E-state index in [1.807, 2.05) is 19.9 Å². The average Bonchev–Trinajstić information content (AvgIpc) is 2.28. The van der Waals surface area contributed by atoms with Gasteiger partial charge in [-0.15, -0.1) is 0 Å². The van der Waals surface area contributed by atoms with E-state index in [0.29, 0.717) is 11.3 Å². The zero-order valence-corrected chi connectivity index (χ0v) is 10.2. The van der Waals surface area contributed by atoms with E-state index in [1.165, 1.54) is 0 Å². The van der Waals surface area contributed by atoms with Gasteiger partial charge in [0.15, 0.2) is 0 Å². The third-order valence-electron chi connectivity index (χ3n) is 2.01. The van der Waals surface area contributed by atoms with Crippen LogP contribution >= 0.6 is 0 Å². The third-order valence-corrected chi connectivity index (χ3v) is 2.01. The molecule has 1 aromatic rings. The fraction of sp³-hybridized carbons (Fsp3) is 0.385. The molecule has 1 N–H and O–H groups in total. The van der Waals surface area contributed by atoms with Gasteiger partial charge in [-0.05, 0) is 39.0 Å². The van der Waals surface area contributed by atoms with Gasteiger partial charge in [-0.1, -0.05) is 6.07 Å². The van der Waals surface area contributed by atoms with Crippen LogP contribution < -0.4 is 10.1 Å². The van der Waals surface area contributed by atoms with E-state index in [-0.39, 0.29) is 12.0 Å². The highest BCUT2D eigenvalue weighted by atomic mass is 16.5. The molecule has 17 heavy (non-hydrogen) atoms. The molecule has 0 radical (unpaired) electrons. The molecule has 90 valence electrons. The van der Waals surface area contributed by atoms with Crippen molar-refractivity contribution < 1.29 is 9.53 Å². The minimum Gasteiger partial charge on any atom is -0.491 e. The van der Waals surface area contributed by atoms with E-state index in [9.17, 15) is 4.79 Å². The molecule has 1 unspecified atom stereocenters. The van der Waals surface area contributed by atoms with Crippen LogP contribution in [-0.4, -0.2) is 18.1 Å². The lowest BCUT2D eigenvalue weighted by atomic mass is 10.2. The third kappa shape index (κ3) is 4.15. The largest absolute Gasteiger partial charge is 0.491 e. The van der Waals surface area contributed by atoms with Crippen LogP contribution in [0.2, 0.25) is 0 Å². The maximum Gasteiger partial charge on any atom is 0.252 e. The monoisotopic (exact) mass is 232 g/mol. The summed E-state index contributed by atoms with van der Waals surface area (Å²) in [5.74, 6) is 0.380. The summed E-state index contributed by atoms with van der Waals surface area (Å²) in [5, 5.41) is 11.2. The molecule has 0 fully saturated rings. The standard InChI is InChI=1S/C13H16N2O2/c1-9(2)17-12-6-4-5-11(7-12)13(16)15-10(3)8-14/h4-7,9-10H,1-3H3,(H,15,16). The predicted octanol–water partition coefficient (Wildman–Crippen LogP) is 2.12. The van der Waals surface area contributed by atoms with Crippen LogP contribution in [0.15, 0.2) is 24.3 Å². The van der Waals surface area contributed by atoms with Crippen molar-refractivity contribution in [1.29, 1.82) is 5.26 Å². The normalized spacial score (nSPS) is 11.7. The second-order valence-corrected chi connectivity index (χ2v) is 4.02. The fourth-order valence-corrected chi connectivity index (χ4v) is 1.30. The van der Waals surface area contributed by atoms with Gasteiger partial charge in [0.2, 0.25) is 0 Å². The Hall–Kier alpha value is -2.02. The Morgan fingerprint density at radius 1 is 1.41 bits per heavy atom. The van der Waals surface area contributed by atoms with Crippen LogP contribution in [0.5, 0.6) is 5.75 Å². The summed E-state index contributed by atoms with van der Waals surface area (Å²) in [5.41, 5.74) is 0.491. The maximum atomic E-state index is 11.7. The van der Waals surface area contributed by atoms with E-state index >= 15 is 0 Å². The van der Waals surface area contributed by atoms with E-state index < -0.39 is 6.04 Å². The summed E-state index contributed by atoms with van der Waals surface area (Å²) in [6.07, 6.45) is 0.0614. The lowest BCUT2D eigenvalue weighted by Gasteiger charge is -2.11. The van der Waals surface area contributed by atoms with E-state index in [0.717, 1.165) is 0 Å². The molecule has 0 aliphatic carbocycles. The van der Waals surface area contributed by atoms with Gasteiger partial charge in [-0.2, -0.15) is 5.26 Å². The zero-order chi connectivity index (χ0) is 12.8. The van der Waals surface area contributed by atoms with E-state index in [1.54, 1.807) is 31.2 Å². The van der Waals surface area contributed by atoms with E-state index in [2.05, 4.69) is 5.32 Å². The van der Waals surface area contributed by atoms with Gasteiger partial charge in [0.25, 0.3) is 5.91 Å². The minimum atomic E-state index is -0.503.